The summed E-state index contributed by atoms with van der Waals surface area (Å²) in [5.74, 6) is -0.116. The Balaban J connectivity index is 1.51. The van der Waals surface area contributed by atoms with Gasteiger partial charge in [0.25, 0.3) is 5.91 Å². The lowest BCUT2D eigenvalue weighted by molar-refractivity contribution is -0.137. The SMILES string of the molecule is Cc1ncc(C(F)(F)F)cc1C(=O)Nc1cccc([C@H](C)Nc2cnc3cnn(C)c3n2)c1. The van der Waals surface area contributed by atoms with Gasteiger partial charge >= 0.3 is 6.18 Å². The average Bonchev–Trinajstić information content (AvgIpc) is 3.13. The van der Waals surface area contributed by atoms with E-state index in [1.165, 1.54) is 6.92 Å². The number of nitrogens with zero attached hydrogens (tertiary/aromatic N) is 5. The quantitative estimate of drug-likeness (QED) is 0.460. The van der Waals surface area contributed by atoms with Crippen LogP contribution in [0.25, 0.3) is 11.2 Å². The Labute approximate surface area is 186 Å². The van der Waals surface area contributed by atoms with Gasteiger partial charge in [-0.2, -0.15) is 18.3 Å². The van der Waals surface area contributed by atoms with Gasteiger partial charge in [-0.25, -0.2) is 14.6 Å². The van der Waals surface area contributed by atoms with Crippen LogP contribution in [0, 0.1) is 6.92 Å². The molecule has 0 saturated carbocycles. The van der Waals surface area contributed by atoms with Crippen LogP contribution in [-0.2, 0) is 13.2 Å². The minimum absolute atomic E-state index is 0.138. The molecule has 33 heavy (non-hydrogen) atoms. The number of carbonyl (C=O) groups is 1. The Morgan fingerprint density at radius 1 is 1.12 bits per heavy atom. The van der Waals surface area contributed by atoms with Crippen LogP contribution in [0.15, 0.2) is 48.9 Å². The second kappa shape index (κ2) is 8.49. The number of anilines is 2. The fourth-order valence-corrected chi connectivity index (χ4v) is 3.29. The first-order chi connectivity index (χ1) is 15.6. The molecule has 0 spiro atoms. The third-order valence-corrected chi connectivity index (χ3v) is 5.11. The zero-order valence-corrected chi connectivity index (χ0v) is 18.0. The van der Waals surface area contributed by atoms with Crippen LogP contribution < -0.4 is 10.6 Å². The molecule has 0 aliphatic carbocycles. The number of pyridine rings is 1. The van der Waals surface area contributed by atoms with Crippen molar-refractivity contribution in [2.45, 2.75) is 26.1 Å². The maximum absolute atomic E-state index is 13.0. The highest BCUT2D eigenvalue weighted by atomic mass is 19.4. The van der Waals surface area contributed by atoms with Gasteiger partial charge < -0.3 is 10.6 Å². The van der Waals surface area contributed by atoms with Crippen molar-refractivity contribution in [1.82, 2.24) is 24.7 Å². The summed E-state index contributed by atoms with van der Waals surface area (Å²) in [6, 6.07) is 7.61. The predicted octanol–water partition coefficient (Wildman–Crippen LogP) is 4.51. The van der Waals surface area contributed by atoms with Gasteiger partial charge in [0.2, 0.25) is 0 Å². The lowest BCUT2D eigenvalue weighted by Gasteiger charge is -2.16. The largest absolute Gasteiger partial charge is 0.417 e. The van der Waals surface area contributed by atoms with Gasteiger partial charge in [-0.3, -0.25) is 9.78 Å². The van der Waals surface area contributed by atoms with Crippen LogP contribution in [0.1, 0.15) is 40.1 Å². The summed E-state index contributed by atoms with van der Waals surface area (Å²) < 4.78 is 40.6. The summed E-state index contributed by atoms with van der Waals surface area (Å²) in [4.78, 5) is 25.2. The molecule has 0 bridgehead atoms. The van der Waals surface area contributed by atoms with E-state index in [0.29, 0.717) is 28.9 Å². The number of nitrogens with one attached hydrogen (secondary N) is 2. The zero-order chi connectivity index (χ0) is 23.8. The molecule has 1 aromatic carbocycles. The summed E-state index contributed by atoms with van der Waals surface area (Å²) in [6.07, 6.45) is -0.636. The van der Waals surface area contributed by atoms with Crippen molar-refractivity contribution in [1.29, 1.82) is 0 Å². The minimum atomic E-state index is -4.59. The van der Waals surface area contributed by atoms with Gasteiger partial charge in [0.15, 0.2) is 5.65 Å². The highest BCUT2D eigenvalue weighted by Gasteiger charge is 2.32. The highest BCUT2D eigenvalue weighted by molar-refractivity contribution is 6.05. The summed E-state index contributed by atoms with van der Waals surface area (Å²) in [6.45, 7) is 3.40. The van der Waals surface area contributed by atoms with Crippen LogP contribution in [0.3, 0.4) is 0 Å². The molecule has 3 aromatic heterocycles. The minimum Gasteiger partial charge on any atom is -0.362 e. The van der Waals surface area contributed by atoms with Crippen molar-refractivity contribution in [2.75, 3.05) is 10.6 Å². The Morgan fingerprint density at radius 3 is 2.67 bits per heavy atom. The molecular formula is C22H20F3N7O. The van der Waals surface area contributed by atoms with E-state index in [0.717, 1.165) is 11.6 Å². The number of aromatic nitrogens is 5. The van der Waals surface area contributed by atoms with Crippen molar-refractivity contribution < 1.29 is 18.0 Å². The number of carbonyl (C=O) groups excluding carboxylic acids is 1. The molecule has 1 amide bonds. The molecule has 3 heterocycles. The molecule has 4 aromatic rings. The molecule has 8 nitrogen and oxygen atoms in total. The third-order valence-electron chi connectivity index (χ3n) is 5.11. The summed E-state index contributed by atoms with van der Waals surface area (Å²) in [5, 5.41) is 10.0. The van der Waals surface area contributed by atoms with Crippen molar-refractivity contribution in [3.8, 4) is 0 Å². The van der Waals surface area contributed by atoms with Crippen LogP contribution in [0.2, 0.25) is 0 Å². The lowest BCUT2D eigenvalue weighted by atomic mass is 10.1. The third kappa shape index (κ3) is 4.76. The van der Waals surface area contributed by atoms with E-state index in [2.05, 4.69) is 30.7 Å². The monoisotopic (exact) mass is 455 g/mol. The van der Waals surface area contributed by atoms with Gasteiger partial charge in [-0.1, -0.05) is 12.1 Å². The average molecular weight is 455 g/mol. The number of halogens is 3. The molecule has 2 N–H and O–H groups in total. The Morgan fingerprint density at radius 2 is 1.91 bits per heavy atom. The molecule has 1 atom stereocenters. The molecule has 0 fully saturated rings. The van der Waals surface area contributed by atoms with Gasteiger partial charge in [0.05, 0.1) is 35.3 Å². The summed E-state index contributed by atoms with van der Waals surface area (Å²) >= 11 is 0. The van der Waals surface area contributed by atoms with E-state index in [-0.39, 0.29) is 17.3 Å². The predicted molar refractivity (Wildman–Crippen MR) is 117 cm³/mol. The first-order valence-corrected chi connectivity index (χ1v) is 9.98. The van der Waals surface area contributed by atoms with Crippen LogP contribution in [-0.4, -0.2) is 30.6 Å². The number of alkyl halides is 3. The van der Waals surface area contributed by atoms with Crippen LogP contribution >= 0.6 is 0 Å². The normalized spacial score (nSPS) is 12.5. The number of aryl methyl sites for hydroxylation is 2. The van der Waals surface area contributed by atoms with E-state index < -0.39 is 17.6 Å². The number of amides is 1. The molecule has 4 rings (SSSR count). The van der Waals surface area contributed by atoms with Gasteiger partial charge in [-0.05, 0) is 37.6 Å². The Hall–Kier alpha value is -4.02. The summed E-state index contributed by atoms with van der Waals surface area (Å²) in [7, 11) is 1.78. The van der Waals surface area contributed by atoms with E-state index >= 15 is 0 Å². The molecule has 0 radical (unpaired) electrons. The van der Waals surface area contributed by atoms with E-state index in [1.54, 1.807) is 42.3 Å². The molecule has 0 aliphatic heterocycles. The molecule has 0 saturated heterocycles. The maximum atomic E-state index is 13.0. The number of fused-ring (bicyclic) bond motifs is 1. The maximum Gasteiger partial charge on any atom is 0.417 e. The fraction of sp³-hybridized carbons (Fsp3) is 0.227. The van der Waals surface area contributed by atoms with Crippen LogP contribution in [0.4, 0.5) is 24.7 Å². The van der Waals surface area contributed by atoms with Crippen molar-refractivity contribution in [3.05, 3.63) is 71.3 Å². The first kappa shape index (κ1) is 22.2. The second-order valence-electron chi connectivity index (χ2n) is 7.53. The Bertz CT molecular complexity index is 1330. The number of rotatable bonds is 5. The smallest absolute Gasteiger partial charge is 0.362 e. The second-order valence-corrected chi connectivity index (χ2v) is 7.53. The van der Waals surface area contributed by atoms with Crippen molar-refractivity contribution >= 4 is 28.6 Å². The van der Waals surface area contributed by atoms with E-state index in [9.17, 15) is 18.0 Å². The molecule has 170 valence electrons. The molecule has 0 aliphatic rings. The number of hydrogen-bond donors (Lipinski definition) is 2. The van der Waals surface area contributed by atoms with Gasteiger partial charge in [-0.15, -0.1) is 0 Å². The molecule has 0 unspecified atom stereocenters. The fourth-order valence-electron chi connectivity index (χ4n) is 3.29. The topological polar surface area (TPSA) is 97.6 Å². The van der Waals surface area contributed by atoms with Crippen molar-refractivity contribution in [3.63, 3.8) is 0 Å². The van der Waals surface area contributed by atoms with Crippen molar-refractivity contribution in [2.24, 2.45) is 7.05 Å². The highest BCUT2D eigenvalue weighted by Crippen LogP contribution is 2.30. The molecule has 11 heteroatoms. The van der Waals surface area contributed by atoms with Gasteiger partial charge in [0, 0.05) is 18.9 Å². The number of hydrogen-bond acceptors (Lipinski definition) is 6. The number of benzene rings is 1. The summed E-state index contributed by atoms with van der Waals surface area (Å²) in [5.41, 5.74) is 1.68. The Kier molecular flexibility index (Phi) is 5.71. The zero-order valence-electron chi connectivity index (χ0n) is 18.0. The standard InChI is InChI=1S/C22H20F3N7O/c1-12(29-19-11-27-18-10-28-32(3)20(18)31-19)14-5-4-6-16(7-14)30-21(33)17-8-15(22(23,24)25)9-26-13(17)2/h4-12H,1-3H3,(H,29,31)(H,30,33)/t12-/m0/s1. The first-order valence-electron chi connectivity index (χ1n) is 9.98. The van der Waals surface area contributed by atoms with Gasteiger partial charge in [0.1, 0.15) is 11.3 Å². The van der Waals surface area contributed by atoms with E-state index in [4.69, 9.17) is 0 Å². The van der Waals surface area contributed by atoms with Crippen LogP contribution in [0.5, 0.6) is 0 Å². The lowest BCUT2D eigenvalue weighted by Crippen LogP contribution is -2.17. The molecular weight excluding hydrogens is 435 g/mol. The van der Waals surface area contributed by atoms with E-state index in [1.807, 2.05) is 13.0 Å².